The minimum Gasteiger partial charge on any atom is -0.379 e. The first kappa shape index (κ1) is 20.3. The normalized spacial score (nSPS) is 18.7. The summed E-state index contributed by atoms with van der Waals surface area (Å²) in [4.78, 5) is 24.6. The molecule has 2 aliphatic heterocycles. The van der Waals surface area contributed by atoms with Gasteiger partial charge in [-0.15, -0.1) is 11.3 Å². The van der Waals surface area contributed by atoms with E-state index in [1.54, 1.807) is 6.20 Å². The number of piperazine rings is 1. The average Bonchev–Trinajstić information content (AvgIpc) is 3.26. The summed E-state index contributed by atoms with van der Waals surface area (Å²) in [6, 6.07) is 8.52. The van der Waals surface area contributed by atoms with Crippen molar-refractivity contribution in [2.75, 3.05) is 77.5 Å². The predicted molar refractivity (Wildman–Crippen MR) is 117 cm³/mol. The summed E-state index contributed by atoms with van der Waals surface area (Å²) in [5.41, 5.74) is 2.31. The van der Waals surface area contributed by atoms with Gasteiger partial charge in [0.05, 0.1) is 19.4 Å². The van der Waals surface area contributed by atoms with Crippen molar-refractivity contribution in [3.63, 3.8) is 0 Å². The van der Waals surface area contributed by atoms with E-state index in [0.717, 1.165) is 69.6 Å². The third-order valence-electron chi connectivity index (χ3n) is 5.53. The molecule has 0 spiro atoms. The number of nitrogens with zero attached hydrogens (tertiary/aromatic N) is 4. The quantitative estimate of drug-likeness (QED) is 0.774. The van der Waals surface area contributed by atoms with Crippen LogP contribution < -0.4 is 10.2 Å². The van der Waals surface area contributed by atoms with Gasteiger partial charge in [0.2, 0.25) is 0 Å². The number of aromatic nitrogens is 1. The van der Waals surface area contributed by atoms with E-state index in [9.17, 15) is 4.79 Å². The fourth-order valence-electron chi connectivity index (χ4n) is 3.63. The number of carbonyl (C=O) groups is 1. The lowest BCUT2D eigenvalue weighted by molar-refractivity contribution is 0.0383. The van der Waals surface area contributed by atoms with Gasteiger partial charge in [0.1, 0.15) is 9.88 Å². The molecule has 0 radical (unpaired) electrons. The monoisotopic (exact) mass is 415 g/mol. The van der Waals surface area contributed by atoms with Crippen LogP contribution in [0, 0.1) is 0 Å². The Morgan fingerprint density at radius 1 is 1.10 bits per heavy atom. The zero-order valence-corrected chi connectivity index (χ0v) is 17.8. The zero-order chi connectivity index (χ0) is 20.1. The molecule has 0 atom stereocenters. The van der Waals surface area contributed by atoms with Gasteiger partial charge in [-0.25, -0.2) is 4.98 Å². The van der Waals surface area contributed by atoms with E-state index in [1.807, 2.05) is 0 Å². The van der Waals surface area contributed by atoms with Gasteiger partial charge < -0.3 is 19.9 Å². The van der Waals surface area contributed by atoms with E-state index in [0.29, 0.717) is 11.4 Å². The van der Waals surface area contributed by atoms with Gasteiger partial charge in [-0.2, -0.15) is 0 Å². The maximum atomic E-state index is 12.4. The van der Waals surface area contributed by atoms with Gasteiger partial charge in [-0.1, -0.05) is 0 Å². The molecule has 0 unspecified atom stereocenters. The van der Waals surface area contributed by atoms with E-state index < -0.39 is 0 Å². The van der Waals surface area contributed by atoms with Crippen LogP contribution in [0.4, 0.5) is 5.69 Å². The van der Waals surface area contributed by atoms with Crippen molar-refractivity contribution in [3.05, 3.63) is 35.3 Å². The topological polar surface area (TPSA) is 60.9 Å². The molecular formula is C21H29N5O2S. The summed E-state index contributed by atoms with van der Waals surface area (Å²) in [7, 11) is 2.17. The van der Waals surface area contributed by atoms with Gasteiger partial charge in [-0.3, -0.25) is 9.69 Å². The summed E-state index contributed by atoms with van der Waals surface area (Å²) >= 11 is 1.44. The molecule has 1 N–H and O–H groups in total. The van der Waals surface area contributed by atoms with Crippen LogP contribution in [0.5, 0.6) is 0 Å². The van der Waals surface area contributed by atoms with Gasteiger partial charge in [-0.05, 0) is 31.3 Å². The molecule has 0 bridgehead atoms. The molecule has 0 aliphatic carbocycles. The highest BCUT2D eigenvalue weighted by molar-refractivity contribution is 7.16. The molecule has 3 heterocycles. The van der Waals surface area contributed by atoms with Crippen molar-refractivity contribution >= 4 is 22.9 Å². The van der Waals surface area contributed by atoms with Crippen molar-refractivity contribution in [2.45, 2.75) is 0 Å². The fraction of sp³-hybridized carbons (Fsp3) is 0.524. The van der Waals surface area contributed by atoms with Crippen molar-refractivity contribution in [3.8, 4) is 10.6 Å². The van der Waals surface area contributed by atoms with E-state index in [2.05, 4.69) is 56.3 Å². The van der Waals surface area contributed by atoms with Crippen molar-refractivity contribution < 1.29 is 9.53 Å². The van der Waals surface area contributed by atoms with Crippen LogP contribution in [-0.2, 0) is 4.74 Å². The molecule has 0 saturated carbocycles. The van der Waals surface area contributed by atoms with Crippen LogP contribution in [0.25, 0.3) is 10.6 Å². The Bertz CT molecular complexity index is 796. The van der Waals surface area contributed by atoms with Gasteiger partial charge >= 0.3 is 0 Å². The first-order chi connectivity index (χ1) is 14.2. The molecule has 2 fully saturated rings. The number of benzene rings is 1. The predicted octanol–water partition coefficient (Wildman–Crippen LogP) is 1.62. The summed E-state index contributed by atoms with van der Waals surface area (Å²) in [6.45, 7) is 9.23. The van der Waals surface area contributed by atoms with Crippen LogP contribution in [0.3, 0.4) is 0 Å². The van der Waals surface area contributed by atoms with Crippen LogP contribution in [-0.4, -0.2) is 93.3 Å². The van der Waals surface area contributed by atoms with E-state index >= 15 is 0 Å². The van der Waals surface area contributed by atoms with Crippen LogP contribution in [0.2, 0.25) is 0 Å². The zero-order valence-electron chi connectivity index (χ0n) is 17.0. The molecule has 7 nitrogen and oxygen atoms in total. The lowest BCUT2D eigenvalue weighted by Gasteiger charge is -2.34. The smallest absolute Gasteiger partial charge is 0.263 e. The van der Waals surface area contributed by atoms with E-state index in [4.69, 9.17) is 4.74 Å². The summed E-state index contributed by atoms with van der Waals surface area (Å²) in [5.74, 6) is -0.0453. The highest BCUT2D eigenvalue weighted by Crippen LogP contribution is 2.27. The summed E-state index contributed by atoms with van der Waals surface area (Å²) in [5, 5.41) is 3.89. The number of hydrogen-bond donors (Lipinski definition) is 1. The van der Waals surface area contributed by atoms with Gasteiger partial charge in [0, 0.05) is 63.6 Å². The molecule has 1 aromatic carbocycles. The lowest BCUT2D eigenvalue weighted by atomic mass is 10.2. The largest absolute Gasteiger partial charge is 0.379 e. The number of likely N-dealkylation sites (N-methyl/N-ethyl adjacent to an activating group) is 1. The number of carbonyl (C=O) groups excluding carboxylic acids is 1. The standard InChI is InChI=1S/C21H29N5O2S/c1-24-8-10-26(11-9-24)18-4-2-17(3-5-18)21-23-16-19(29-21)20(27)22-6-7-25-12-14-28-15-13-25/h2-5,16H,6-15H2,1H3,(H,22,27). The van der Waals surface area contributed by atoms with E-state index in [1.165, 1.54) is 17.0 Å². The second-order valence-electron chi connectivity index (χ2n) is 7.58. The number of amides is 1. The number of morpholine rings is 1. The molecule has 29 heavy (non-hydrogen) atoms. The van der Waals surface area contributed by atoms with E-state index in [-0.39, 0.29) is 5.91 Å². The van der Waals surface area contributed by atoms with Gasteiger partial charge in [0.25, 0.3) is 5.91 Å². The molecule has 1 aromatic heterocycles. The Balaban J connectivity index is 1.30. The minimum absolute atomic E-state index is 0.0453. The number of hydrogen-bond acceptors (Lipinski definition) is 7. The Morgan fingerprint density at radius 2 is 1.83 bits per heavy atom. The minimum atomic E-state index is -0.0453. The van der Waals surface area contributed by atoms with Crippen molar-refractivity contribution in [1.29, 1.82) is 0 Å². The number of rotatable bonds is 6. The number of anilines is 1. The van der Waals surface area contributed by atoms with Crippen molar-refractivity contribution in [2.24, 2.45) is 0 Å². The van der Waals surface area contributed by atoms with Crippen LogP contribution in [0.1, 0.15) is 9.67 Å². The second kappa shape index (κ2) is 9.67. The molecule has 1 amide bonds. The molecule has 2 aliphatic rings. The molecule has 156 valence electrons. The Kier molecular flexibility index (Phi) is 6.76. The molecule has 2 aromatic rings. The maximum Gasteiger partial charge on any atom is 0.263 e. The summed E-state index contributed by atoms with van der Waals surface area (Å²) in [6.07, 6.45) is 1.68. The highest BCUT2D eigenvalue weighted by Gasteiger charge is 2.16. The van der Waals surface area contributed by atoms with Crippen LogP contribution >= 0.6 is 11.3 Å². The van der Waals surface area contributed by atoms with Crippen molar-refractivity contribution in [1.82, 2.24) is 20.1 Å². The Morgan fingerprint density at radius 3 is 2.55 bits per heavy atom. The third-order valence-corrected chi connectivity index (χ3v) is 6.57. The van der Waals surface area contributed by atoms with Crippen LogP contribution in [0.15, 0.2) is 30.5 Å². The average molecular weight is 416 g/mol. The maximum absolute atomic E-state index is 12.4. The lowest BCUT2D eigenvalue weighted by Crippen LogP contribution is -2.44. The third kappa shape index (κ3) is 5.33. The number of nitrogens with one attached hydrogen (secondary N) is 1. The SMILES string of the molecule is CN1CCN(c2ccc(-c3ncc(C(=O)NCCN4CCOCC4)s3)cc2)CC1. The molecule has 8 heteroatoms. The molecule has 4 rings (SSSR count). The van der Waals surface area contributed by atoms with Gasteiger partial charge in [0.15, 0.2) is 0 Å². The first-order valence-electron chi connectivity index (χ1n) is 10.3. The molecule has 2 saturated heterocycles. The molecular weight excluding hydrogens is 386 g/mol. The Labute approximate surface area is 176 Å². The first-order valence-corrected chi connectivity index (χ1v) is 11.1. The Hall–Kier alpha value is -2.00. The second-order valence-corrected chi connectivity index (χ2v) is 8.61. The fourth-order valence-corrected chi connectivity index (χ4v) is 4.47. The number of ether oxygens (including phenoxy) is 1. The highest BCUT2D eigenvalue weighted by atomic mass is 32.1. The number of thiazole rings is 1. The summed E-state index contributed by atoms with van der Waals surface area (Å²) < 4.78 is 5.35.